The van der Waals surface area contributed by atoms with Crippen LogP contribution in [0.4, 0.5) is 0 Å². The molecule has 1 atom stereocenters. The van der Waals surface area contributed by atoms with Gasteiger partial charge < -0.3 is 5.32 Å². The average Bonchev–Trinajstić information content (AvgIpc) is 2.82. The van der Waals surface area contributed by atoms with Gasteiger partial charge in [-0.05, 0) is 37.2 Å². The lowest BCUT2D eigenvalue weighted by atomic mass is 10.1. The van der Waals surface area contributed by atoms with Crippen LogP contribution in [0.25, 0.3) is 5.69 Å². The van der Waals surface area contributed by atoms with Crippen molar-refractivity contribution < 1.29 is 0 Å². The van der Waals surface area contributed by atoms with E-state index in [1.54, 1.807) is 10.9 Å². The molecule has 0 saturated heterocycles. The van der Waals surface area contributed by atoms with Crippen molar-refractivity contribution in [3.8, 4) is 5.69 Å². The Hall–Kier alpha value is -1.32. The predicted octanol–water partition coefficient (Wildman–Crippen LogP) is 3.20. The molecule has 17 heavy (non-hydrogen) atoms. The van der Waals surface area contributed by atoms with Gasteiger partial charge in [0.15, 0.2) is 0 Å². The van der Waals surface area contributed by atoms with Crippen LogP contribution in [0.1, 0.15) is 25.5 Å². The molecular weight excluding hydrogens is 234 g/mol. The van der Waals surface area contributed by atoms with Crippen LogP contribution in [0.3, 0.4) is 0 Å². The summed E-state index contributed by atoms with van der Waals surface area (Å²) in [5.74, 6) is 0. The van der Waals surface area contributed by atoms with Crippen LogP contribution in [-0.4, -0.2) is 16.3 Å². The zero-order valence-corrected chi connectivity index (χ0v) is 10.8. The van der Waals surface area contributed by atoms with Crippen LogP contribution < -0.4 is 5.32 Å². The number of hydrogen-bond donors (Lipinski definition) is 1. The third-order valence-corrected chi connectivity index (χ3v) is 3.06. The number of aromatic nitrogens is 2. The highest BCUT2D eigenvalue weighted by Crippen LogP contribution is 2.25. The van der Waals surface area contributed by atoms with Crippen LogP contribution in [0.5, 0.6) is 0 Å². The second kappa shape index (κ2) is 5.34. The lowest BCUT2D eigenvalue weighted by Crippen LogP contribution is -2.18. The molecule has 0 saturated carbocycles. The van der Waals surface area contributed by atoms with Crippen LogP contribution in [0.15, 0.2) is 36.7 Å². The van der Waals surface area contributed by atoms with Gasteiger partial charge in [-0.15, -0.1) is 0 Å². The molecule has 1 N–H and O–H groups in total. The van der Waals surface area contributed by atoms with Crippen LogP contribution in [0, 0.1) is 0 Å². The molecule has 1 aromatic heterocycles. The van der Waals surface area contributed by atoms with Gasteiger partial charge in [0.05, 0.1) is 5.69 Å². The van der Waals surface area contributed by atoms with Crippen molar-refractivity contribution in [3.63, 3.8) is 0 Å². The Kier molecular flexibility index (Phi) is 3.82. The van der Waals surface area contributed by atoms with Gasteiger partial charge in [0.1, 0.15) is 0 Å². The van der Waals surface area contributed by atoms with Crippen molar-refractivity contribution in [1.82, 2.24) is 15.1 Å². The van der Waals surface area contributed by atoms with Crippen molar-refractivity contribution in [2.75, 3.05) is 6.54 Å². The summed E-state index contributed by atoms with van der Waals surface area (Å²) in [4.78, 5) is 0. The van der Waals surface area contributed by atoms with Gasteiger partial charge in [-0.2, -0.15) is 5.10 Å². The summed E-state index contributed by atoms with van der Waals surface area (Å²) in [6.07, 6.45) is 3.65. The van der Waals surface area contributed by atoms with E-state index in [4.69, 9.17) is 11.6 Å². The van der Waals surface area contributed by atoms with E-state index in [2.05, 4.69) is 24.3 Å². The van der Waals surface area contributed by atoms with E-state index < -0.39 is 0 Å². The number of nitrogens with one attached hydrogen (secondary N) is 1. The average molecular weight is 250 g/mol. The normalized spacial score (nSPS) is 12.6. The maximum atomic E-state index is 6.30. The first-order valence-corrected chi connectivity index (χ1v) is 6.13. The molecule has 0 amide bonds. The van der Waals surface area contributed by atoms with Gasteiger partial charge in [0.25, 0.3) is 0 Å². The van der Waals surface area contributed by atoms with Crippen LogP contribution >= 0.6 is 11.6 Å². The summed E-state index contributed by atoms with van der Waals surface area (Å²) in [7, 11) is 0. The van der Waals surface area contributed by atoms with Gasteiger partial charge in [0, 0.05) is 23.5 Å². The maximum absolute atomic E-state index is 6.30. The minimum atomic E-state index is 0.263. The maximum Gasteiger partial charge on any atom is 0.0660 e. The monoisotopic (exact) mass is 249 g/mol. The standard InChI is InChI=1S/C13H16ClN3/c1-3-15-10(2)12-6-5-11(9-13(12)14)17-8-4-7-16-17/h4-10,15H,3H2,1-2H3. The third kappa shape index (κ3) is 2.68. The van der Waals surface area contributed by atoms with E-state index in [1.807, 2.05) is 30.5 Å². The third-order valence-electron chi connectivity index (χ3n) is 2.73. The number of benzene rings is 1. The first kappa shape index (κ1) is 12.1. The van der Waals surface area contributed by atoms with Crippen molar-refractivity contribution in [3.05, 3.63) is 47.2 Å². The summed E-state index contributed by atoms with van der Waals surface area (Å²) >= 11 is 6.30. The minimum Gasteiger partial charge on any atom is -0.310 e. The molecular formula is C13H16ClN3. The number of hydrogen-bond acceptors (Lipinski definition) is 2. The van der Waals surface area contributed by atoms with E-state index in [1.165, 1.54) is 0 Å². The molecule has 0 radical (unpaired) electrons. The van der Waals surface area contributed by atoms with Gasteiger partial charge in [-0.1, -0.05) is 24.6 Å². The van der Waals surface area contributed by atoms with E-state index in [0.29, 0.717) is 0 Å². The molecule has 1 aromatic carbocycles. The van der Waals surface area contributed by atoms with Crippen LogP contribution in [0.2, 0.25) is 5.02 Å². The Morgan fingerprint density at radius 2 is 2.29 bits per heavy atom. The van der Waals surface area contributed by atoms with Crippen molar-refractivity contribution in [2.45, 2.75) is 19.9 Å². The molecule has 1 heterocycles. The summed E-state index contributed by atoms with van der Waals surface area (Å²) < 4.78 is 1.80. The molecule has 0 aliphatic carbocycles. The topological polar surface area (TPSA) is 29.9 Å². The Balaban J connectivity index is 2.29. The number of rotatable bonds is 4. The summed E-state index contributed by atoms with van der Waals surface area (Å²) in [5.41, 5.74) is 2.09. The molecule has 0 aliphatic heterocycles. The van der Waals surface area contributed by atoms with Crippen molar-refractivity contribution in [1.29, 1.82) is 0 Å². The molecule has 2 aromatic rings. The Morgan fingerprint density at radius 1 is 1.47 bits per heavy atom. The molecule has 1 unspecified atom stereocenters. The first-order valence-electron chi connectivity index (χ1n) is 5.75. The van der Waals surface area contributed by atoms with E-state index >= 15 is 0 Å². The lowest BCUT2D eigenvalue weighted by Gasteiger charge is -2.15. The Morgan fingerprint density at radius 3 is 2.88 bits per heavy atom. The van der Waals surface area contributed by atoms with E-state index in [9.17, 15) is 0 Å². The SMILES string of the molecule is CCNC(C)c1ccc(-n2cccn2)cc1Cl. The second-order valence-corrected chi connectivity index (χ2v) is 4.34. The number of halogens is 1. The van der Waals surface area contributed by atoms with Crippen molar-refractivity contribution in [2.24, 2.45) is 0 Å². The summed E-state index contributed by atoms with van der Waals surface area (Å²) in [5, 5.41) is 8.30. The van der Waals surface area contributed by atoms with Gasteiger partial charge in [-0.3, -0.25) is 0 Å². The molecule has 4 heteroatoms. The number of nitrogens with zero attached hydrogens (tertiary/aromatic N) is 2. The van der Waals surface area contributed by atoms with Crippen molar-refractivity contribution >= 4 is 11.6 Å². The Labute approximate surface area is 106 Å². The smallest absolute Gasteiger partial charge is 0.0660 e. The lowest BCUT2D eigenvalue weighted by molar-refractivity contribution is 0.598. The van der Waals surface area contributed by atoms with E-state index in [-0.39, 0.29) is 6.04 Å². The van der Waals surface area contributed by atoms with Gasteiger partial charge >= 0.3 is 0 Å². The van der Waals surface area contributed by atoms with Gasteiger partial charge in [0.2, 0.25) is 0 Å². The fourth-order valence-electron chi connectivity index (χ4n) is 1.85. The summed E-state index contributed by atoms with van der Waals surface area (Å²) in [6, 6.07) is 8.18. The van der Waals surface area contributed by atoms with Crippen LogP contribution in [-0.2, 0) is 0 Å². The highest BCUT2D eigenvalue weighted by molar-refractivity contribution is 6.31. The molecule has 3 nitrogen and oxygen atoms in total. The zero-order valence-electron chi connectivity index (χ0n) is 10.0. The molecule has 2 rings (SSSR count). The molecule has 0 aliphatic rings. The molecule has 0 spiro atoms. The Bertz CT molecular complexity index is 479. The highest BCUT2D eigenvalue weighted by atomic mass is 35.5. The highest BCUT2D eigenvalue weighted by Gasteiger charge is 2.09. The minimum absolute atomic E-state index is 0.263. The summed E-state index contributed by atoms with van der Waals surface area (Å²) in [6.45, 7) is 5.12. The molecule has 90 valence electrons. The second-order valence-electron chi connectivity index (χ2n) is 3.94. The van der Waals surface area contributed by atoms with Gasteiger partial charge in [-0.25, -0.2) is 4.68 Å². The predicted molar refractivity (Wildman–Crippen MR) is 70.7 cm³/mol. The zero-order chi connectivity index (χ0) is 12.3. The van der Waals surface area contributed by atoms with E-state index in [0.717, 1.165) is 22.8 Å². The molecule has 0 bridgehead atoms. The molecule has 0 fully saturated rings. The quantitative estimate of drug-likeness (QED) is 0.902. The largest absolute Gasteiger partial charge is 0.310 e. The first-order chi connectivity index (χ1) is 8.22. The fourth-order valence-corrected chi connectivity index (χ4v) is 2.19. The fraction of sp³-hybridized carbons (Fsp3) is 0.308.